The minimum atomic E-state index is -0.654. The molecule has 15 heavy (non-hydrogen) atoms. The van der Waals surface area contributed by atoms with Gasteiger partial charge in [-0.15, -0.1) is 0 Å². The standard InChI is InChI=1S/C12H24N2O/c1-7-11(3,4)9-13-10(15)12(5,6)14-8-2/h8H,7,9H2,1-6H3,(H,13,15). The third-order valence-electron chi connectivity index (χ3n) is 2.69. The summed E-state index contributed by atoms with van der Waals surface area (Å²) in [5.41, 5.74) is -0.500. The summed E-state index contributed by atoms with van der Waals surface area (Å²) in [6, 6.07) is 0. The predicted molar refractivity (Wildman–Crippen MR) is 65.3 cm³/mol. The Morgan fingerprint density at radius 2 is 1.87 bits per heavy atom. The molecule has 0 aliphatic carbocycles. The second-order valence-electron chi connectivity index (χ2n) is 5.15. The molecule has 0 unspecified atom stereocenters. The van der Waals surface area contributed by atoms with Crippen molar-refractivity contribution in [3.8, 4) is 0 Å². The fourth-order valence-corrected chi connectivity index (χ4v) is 1.04. The fourth-order valence-electron chi connectivity index (χ4n) is 1.04. The zero-order valence-electron chi connectivity index (χ0n) is 10.8. The highest BCUT2D eigenvalue weighted by Gasteiger charge is 2.27. The van der Waals surface area contributed by atoms with E-state index in [1.54, 1.807) is 6.21 Å². The number of nitrogens with one attached hydrogen (secondary N) is 1. The predicted octanol–water partition coefficient (Wildman–Crippen LogP) is 2.41. The van der Waals surface area contributed by atoms with Gasteiger partial charge in [-0.25, -0.2) is 0 Å². The second-order valence-corrected chi connectivity index (χ2v) is 5.15. The number of hydrogen-bond donors (Lipinski definition) is 1. The maximum absolute atomic E-state index is 11.8. The Balaban J connectivity index is 4.27. The largest absolute Gasteiger partial charge is 0.353 e. The molecule has 0 fully saturated rings. The van der Waals surface area contributed by atoms with Crippen molar-refractivity contribution in [2.24, 2.45) is 10.4 Å². The first kappa shape index (κ1) is 14.1. The summed E-state index contributed by atoms with van der Waals surface area (Å²) in [5.74, 6) is -0.0119. The van der Waals surface area contributed by atoms with Crippen molar-refractivity contribution < 1.29 is 4.79 Å². The summed E-state index contributed by atoms with van der Waals surface area (Å²) in [6.45, 7) is 12.6. The van der Waals surface area contributed by atoms with Gasteiger partial charge < -0.3 is 5.32 Å². The maximum atomic E-state index is 11.8. The molecule has 0 saturated heterocycles. The van der Waals surface area contributed by atoms with Crippen molar-refractivity contribution in [1.82, 2.24) is 5.32 Å². The normalized spacial score (nSPS) is 13.2. The number of hydrogen-bond acceptors (Lipinski definition) is 2. The Bertz CT molecular complexity index is 242. The quantitative estimate of drug-likeness (QED) is 0.699. The lowest BCUT2D eigenvalue weighted by molar-refractivity contribution is -0.125. The van der Waals surface area contributed by atoms with Crippen molar-refractivity contribution in [3.63, 3.8) is 0 Å². The summed E-state index contributed by atoms with van der Waals surface area (Å²) in [6.07, 6.45) is 2.72. The number of nitrogens with zero attached hydrogens (tertiary/aromatic N) is 1. The summed E-state index contributed by atoms with van der Waals surface area (Å²) in [4.78, 5) is 15.9. The molecule has 0 spiro atoms. The number of aliphatic imine (C=N–C) groups is 1. The van der Waals surface area contributed by atoms with Crippen LogP contribution in [0.4, 0.5) is 0 Å². The molecule has 3 heteroatoms. The Labute approximate surface area is 93.4 Å². The molecule has 0 aromatic rings. The van der Waals surface area contributed by atoms with Crippen molar-refractivity contribution in [2.75, 3.05) is 6.54 Å². The van der Waals surface area contributed by atoms with Crippen molar-refractivity contribution in [3.05, 3.63) is 0 Å². The Hall–Kier alpha value is -0.860. The molecule has 0 heterocycles. The Morgan fingerprint density at radius 3 is 2.27 bits per heavy atom. The van der Waals surface area contributed by atoms with Gasteiger partial charge in [-0.05, 0) is 38.8 Å². The van der Waals surface area contributed by atoms with Crippen LogP contribution in [-0.4, -0.2) is 24.2 Å². The van der Waals surface area contributed by atoms with Crippen molar-refractivity contribution in [1.29, 1.82) is 0 Å². The first-order chi connectivity index (χ1) is 6.75. The Kier molecular flexibility index (Phi) is 4.98. The van der Waals surface area contributed by atoms with Crippen molar-refractivity contribution in [2.45, 2.75) is 53.5 Å². The van der Waals surface area contributed by atoms with E-state index in [1.165, 1.54) is 0 Å². The topological polar surface area (TPSA) is 41.5 Å². The van der Waals surface area contributed by atoms with Crippen LogP contribution in [0.15, 0.2) is 4.99 Å². The van der Waals surface area contributed by atoms with E-state index in [0.29, 0.717) is 6.54 Å². The van der Waals surface area contributed by atoms with Crippen LogP contribution < -0.4 is 5.32 Å². The van der Waals surface area contributed by atoms with Crippen LogP contribution in [-0.2, 0) is 4.79 Å². The molecule has 0 saturated carbocycles. The molecule has 0 atom stereocenters. The van der Waals surface area contributed by atoms with E-state index in [4.69, 9.17) is 0 Å². The van der Waals surface area contributed by atoms with Gasteiger partial charge >= 0.3 is 0 Å². The van der Waals surface area contributed by atoms with Crippen LogP contribution in [0, 0.1) is 5.41 Å². The molecule has 3 nitrogen and oxygen atoms in total. The lowest BCUT2D eigenvalue weighted by Gasteiger charge is -2.26. The van der Waals surface area contributed by atoms with Crippen LogP contribution in [0.3, 0.4) is 0 Å². The van der Waals surface area contributed by atoms with Crippen LogP contribution in [0.25, 0.3) is 0 Å². The van der Waals surface area contributed by atoms with E-state index in [1.807, 2.05) is 20.8 Å². The van der Waals surface area contributed by atoms with Gasteiger partial charge in [0.25, 0.3) is 0 Å². The van der Waals surface area contributed by atoms with Gasteiger partial charge in [0.05, 0.1) is 0 Å². The van der Waals surface area contributed by atoms with Gasteiger partial charge in [0.2, 0.25) is 5.91 Å². The molecule has 0 radical (unpaired) electrons. The van der Waals surface area contributed by atoms with Gasteiger partial charge in [-0.1, -0.05) is 20.8 Å². The third kappa shape index (κ3) is 4.96. The summed E-state index contributed by atoms with van der Waals surface area (Å²) >= 11 is 0. The van der Waals surface area contributed by atoms with E-state index in [9.17, 15) is 4.79 Å². The van der Waals surface area contributed by atoms with Gasteiger partial charge in [0.15, 0.2) is 0 Å². The van der Waals surface area contributed by atoms with E-state index in [2.05, 4.69) is 31.1 Å². The van der Waals surface area contributed by atoms with Crippen molar-refractivity contribution >= 4 is 12.1 Å². The first-order valence-corrected chi connectivity index (χ1v) is 5.53. The van der Waals surface area contributed by atoms with Crippen LogP contribution in [0.2, 0.25) is 0 Å². The highest BCUT2D eigenvalue weighted by atomic mass is 16.2. The zero-order valence-corrected chi connectivity index (χ0v) is 10.8. The summed E-state index contributed by atoms with van der Waals surface area (Å²) < 4.78 is 0. The minimum Gasteiger partial charge on any atom is -0.353 e. The SMILES string of the molecule is CC=NC(C)(C)C(=O)NCC(C)(C)CC. The Morgan fingerprint density at radius 1 is 1.33 bits per heavy atom. The highest BCUT2D eigenvalue weighted by molar-refractivity contribution is 5.86. The van der Waals surface area contributed by atoms with E-state index in [0.717, 1.165) is 6.42 Å². The van der Waals surface area contributed by atoms with Gasteiger partial charge in [0.1, 0.15) is 5.54 Å². The lowest BCUT2D eigenvalue weighted by Crippen LogP contribution is -2.44. The summed E-state index contributed by atoms with van der Waals surface area (Å²) in [5, 5.41) is 2.95. The summed E-state index contributed by atoms with van der Waals surface area (Å²) in [7, 11) is 0. The van der Waals surface area contributed by atoms with Crippen LogP contribution >= 0.6 is 0 Å². The molecule has 0 aliphatic heterocycles. The highest BCUT2D eigenvalue weighted by Crippen LogP contribution is 2.18. The van der Waals surface area contributed by atoms with Gasteiger partial charge in [-0.3, -0.25) is 9.79 Å². The molecular weight excluding hydrogens is 188 g/mol. The molecule has 88 valence electrons. The fraction of sp³-hybridized carbons (Fsp3) is 0.833. The average molecular weight is 212 g/mol. The molecule has 0 aromatic carbocycles. The lowest BCUT2D eigenvalue weighted by atomic mass is 9.90. The monoisotopic (exact) mass is 212 g/mol. The van der Waals surface area contributed by atoms with Gasteiger partial charge in [0, 0.05) is 6.54 Å². The molecule has 0 rings (SSSR count). The van der Waals surface area contributed by atoms with E-state index >= 15 is 0 Å². The van der Waals surface area contributed by atoms with Crippen LogP contribution in [0.1, 0.15) is 48.0 Å². The van der Waals surface area contributed by atoms with Gasteiger partial charge in [-0.2, -0.15) is 0 Å². The van der Waals surface area contributed by atoms with E-state index in [-0.39, 0.29) is 11.3 Å². The number of carbonyl (C=O) groups excluding carboxylic acids is 1. The minimum absolute atomic E-state index is 0.0119. The molecule has 1 N–H and O–H groups in total. The number of rotatable bonds is 5. The first-order valence-electron chi connectivity index (χ1n) is 5.53. The average Bonchev–Trinajstić information content (AvgIpc) is 2.14. The molecule has 0 bridgehead atoms. The van der Waals surface area contributed by atoms with Crippen LogP contribution in [0.5, 0.6) is 0 Å². The maximum Gasteiger partial charge on any atom is 0.247 e. The molecule has 0 aliphatic rings. The molecule has 0 aromatic heterocycles. The molecule has 1 amide bonds. The second kappa shape index (κ2) is 5.29. The number of amides is 1. The van der Waals surface area contributed by atoms with E-state index < -0.39 is 5.54 Å². The zero-order chi connectivity index (χ0) is 12.1. The smallest absolute Gasteiger partial charge is 0.247 e. The third-order valence-corrected chi connectivity index (χ3v) is 2.69. The molecular formula is C12H24N2O. The number of carbonyl (C=O) groups is 1.